The normalized spacial score (nSPS) is 9.81. The first kappa shape index (κ1) is 14.9. The Hall–Kier alpha value is -2.47. The van der Waals surface area contributed by atoms with Crippen molar-refractivity contribution in [1.82, 2.24) is 0 Å². The molecule has 6 heteroatoms. The van der Waals surface area contributed by atoms with E-state index in [-0.39, 0.29) is 5.82 Å². The first-order valence-corrected chi connectivity index (χ1v) is 6.51. The number of benzene rings is 2. The van der Waals surface area contributed by atoms with Crippen molar-refractivity contribution in [1.29, 1.82) is 0 Å². The van der Waals surface area contributed by atoms with E-state index >= 15 is 0 Å². The maximum atomic E-state index is 12.8. The number of thiocarbonyl (C=S) groups is 1. The number of rotatable bonds is 3. The van der Waals surface area contributed by atoms with Gasteiger partial charge in [0.2, 0.25) is 0 Å². The molecule has 0 heterocycles. The van der Waals surface area contributed by atoms with Crippen molar-refractivity contribution >= 4 is 34.7 Å². The molecule has 21 heavy (non-hydrogen) atoms. The number of esters is 1. The van der Waals surface area contributed by atoms with Gasteiger partial charge in [-0.15, -0.1) is 0 Å². The second-order valence-electron chi connectivity index (χ2n) is 4.16. The van der Waals surface area contributed by atoms with Gasteiger partial charge in [-0.1, -0.05) is 6.07 Å². The summed E-state index contributed by atoms with van der Waals surface area (Å²) in [7, 11) is 1.32. The van der Waals surface area contributed by atoms with Crippen LogP contribution in [0.3, 0.4) is 0 Å². The molecule has 0 atom stereocenters. The maximum absolute atomic E-state index is 12.8. The minimum atomic E-state index is -0.420. The zero-order valence-electron chi connectivity index (χ0n) is 11.2. The Labute approximate surface area is 126 Å². The molecule has 4 nitrogen and oxygen atoms in total. The minimum Gasteiger partial charge on any atom is -0.465 e. The predicted molar refractivity (Wildman–Crippen MR) is 84.0 cm³/mol. The Morgan fingerprint density at radius 1 is 1.10 bits per heavy atom. The van der Waals surface area contributed by atoms with Gasteiger partial charge in [-0.2, -0.15) is 0 Å². The van der Waals surface area contributed by atoms with Crippen LogP contribution in [-0.4, -0.2) is 18.2 Å². The highest BCUT2D eigenvalue weighted by atomic mass is 32.1. The number of halogens is 1. The molecule has 0 unspecified atom stereocenters. The maximum Gasteiger partial charge on any atom is 0.337 e. The molecule has 2 aromatic carbocycles. The molecular weight excluding hydrogens is 291 g/mol. The summed E-state index contributed by atoms with van der Waals surface area (Å²) in [5.74, 6) is -0.735. The molecule has 2 aromatic rings. The molecule has 0 saturated heterocycles. The molecule has 108 valence electrons. The second-order valence-corrected chi connectivity index (χ2v) is 4.57. The van der Waals surface area contributed by atoms with E-state index in [9.17, 15) is 9.18 Å². The van der Waals surface area contributed by atoms with Crippen LogP contribution in [0.5, 0.6) is 0 Å². The topological polar surface area (TPSA) is 50.4 Å². The van der Waals surface area contributed by atoms with Gasteiger partial charge >= 0.3 is 5.97 Å². The number of carbonyl (C=O) groups is 1. The summed E-state index contributed by atoms with van der Waals surface area (Å²) < 4.78 is 17.5. The van der Waals surface area contributed by atoms with E-state index in [2.05, 4.69) is 15.4 Å². The quantitative estimate of drug-likeness (QED) is 0.672. The first-order valence-electron chi connectivity index (χ1n) is 6.10. The second kappa shape index (κ2) is 6.81. The third-order valence-corrected chi connectivity index (χ3v) is 2.85. The van der Waals surface area contributed by atoms with Crippen LogP contribution in [0, 0.1) is 5.82 Å². The lowest BCUT2D eigenvalue weighted by Crippen LogP contribution is -2.19. The van der Waals surface area contributed by atoms with Crippen LogP contribution in [0.1, 0.15) is 10.4 Å². The van der Waals surface area contributed by atoms with E-state index in [0.29, 0.717) is 22.1 Å². The van der Waals surface area contributed by atoms with Crippen LogP contribution in [0.2, 0.25) is 0 Å². The molecule has 2 N–H and O–H groups in total. The fourth-order valence-corrected chi connectivity index (χ4v) is 1.90. The molecule has 0 bridgehead atoms. The van der Waals surface area contributed by atoms with Gasteiger partial charge in [-0.25, -0.2) is 9.18 Å². The number of anilines is 2. The van der Waals surface area contributed by atoms with Crippen LogP contribution in [-0.2, 0) is 4.74 Å². The number of methoxy groups -OCH3 is 1. The lowest BCUT2D eigenvalue weighted by molar-refractivity contribution is 0.0601. The average molecular weight is 304 g/mol. The SMILES string of the molecule is COC(=O)c1cccc(NC(=S)Nc2ccc(F)cc2)c1. The summed E-state index contributed by atoms with van der Waals surface area (Å²) in [4.78, 5) is 11.4. The molecule has 0 fully saturated rings. The molecule has 0 aliphatic heterocycles. The fraction of sp³-hybridized carbons (Fsp3) is 0.0667. The van der Waals surface area contributed by atoms with Crippen LogP contribution >= 0.6 is 12.2 Å². The molecule has 0 aromatic heterocycles. The smallest absolute Gasteiger partial charge is 0.337 e. The lowest BCUT2D eigenvalue weighted by atomic mass is 10.2. The number of nitrogens with one attached hydrogen (secondary N) is 2. The van der Waals surface area contributed by atoms with Gasteiger partial charge in [-0.05, 0) is 54.7 Å². The first-order chi connectivity index (χ1) is 10.1. The molecule has 0 aliphatic rings. The van der Waals surface area contributed by atoms with Crippen molar-refractivity contribution in [3.8, 4) is 0 Å². The van der Waals surface area contributed by atoms with E-state index in [1.165, 1.54) is 19.2 Å². The number of ether oxygens (including phenoxy) is 1. The zero-order valence-corrected chi connectivity index (χ0v) is 12.0. The third-order valence-electron chi connectivity index (χ3n) is 2.64. The van der Waals surface area contributed by atoms with Crippen LogP contribution in [0.25, 0.3) is 0 Å². The van der Waals surface area contributed by atoms with Crippen LogP contribution in [0.4, 0.5) is 15.8 Å². The van der Waals surface area contributed by atoms with Gasteiger partial charge in [-0.3, -0.25) is 0 Å². The van der Waals surface area contributed by atoms with Crippen molar-refractivity contribution < 1.29 is 13.9 Å². The van der Waals surface area contributed by atoms with Gasteiger partial charge in [0.15, 0.2) is 5.11 Å². The summed E-state index contributed by atoms with van der Waals surface area (Å²) in [5, 5.41) is 6.20. The summed E-state index contributed by atoms with van der Waals surface area (Å²) in [6, 6.07) is 12.6. The van der Waals surface area contributed by atoms with Crippen molar-refractivity contribution in [2.24, 2.45) is 0 Å². The number of hydrogen-bond donors (Lipinski definition) is 2. The highest BCUT2D eigenvalue weighted by Crippen LogP contribution is 2.13. The number of hydrogen-bond acceptors (Lipinski definition) is 3. The minimum absolute atomic E-state index is 0.315. The van der Waals surface area contributed by atoms with E-state index in [1.807, 2.05) is 0 Å². The fourth-order valence-electron chi connectivity index (χ4n) is 1.67. The summed E-state index contributed by atoms with van der Waals surface area (Å²) >= 11 is 5.16. The lowest BCUT2D eigenvalue weighted by Gasteiger charge is -2.11. The van der Waals surface area contributed by atoms with E-state index in [1.54, 1.807) is 36.4 Å². The van der Waals surface area contributed by atoms with Gasteiger partial charge < -0.3 is 15.4 Å². The molecule has 2 rings (SSSR count). The van der Waals surface area contributed by atoms with Gasteiger partial charge in [0.25, 0.3) is 0 Å². The van der Waals surface area contributed by atoms with Crippen LogP contribution in [0.15, 0.2) is 48.5 Å². The van der Waals surface area contributed by atoms with Crippen LogP contribution < -0.4 is 10.6 Å². The Morgan fingerprint density at radius 2 is 1.76 bits per heavy atom. The largest absolute Gasteiger partial charge is 0.465 e. The van der Waals surface area contributed by atoms with Gasteiger partial charge in [0.05, 0.1) is 12.7 Å². The summed E-state index contributed by atoms with van der Waals surface area (Å²) in [5.41, 5.74) is 1.74. The Kier molecular flexibility index (Phi) is 4.84. The molecule has 0 saturated carbocycles. The van der Waals surface area contributed by atoms with Crippen molar-refractivity contribution in [3.05, 3.63) is 59.9 Å². The highest BCUT2D eigenvalue weighted by Gasteiger charge is 2.06. The predicted octanol–water partition coefficient (Wildman–Crippen LogP) is 3.42. The van der Waals surface area contributed by atoms with E-state index in [4.69, 9.17) is 12.2 Å². The van der Waals surface area contributed by atoms with E-state index in [0.717, 1.165) is 0 Å². The van der Waals surface area contributed by atoms with Crippen molar-refractivity contribution in [2.75, 3.05) is 17.7 Å². The summed E-state index contributed by atoms with van der Waals surface area (Å²) in [6.07, 6.45) is 0. The van der Waals surface area contributed by atoms with Crippen molar-refractivity contribution in [2.45, 2.75) is 0 Å². The standard InChI is InChI=1S/C15H13FN2O2S/c1-20-14(19)10-3-2-4-13(9-10)18-15(21)17-12-7-5-11(16)6-8-12/h2-9H,1H3,(H2,17,18,21). The molecule has 0 spiro atoms. The molecule has 0 amide bonds. The van der Waals surface area contributed by atoms with Gasteiger partial charge in [0, 0.05) is 11.4 Å². The monoisotopic (exact) mass is 304 g/mol. The summed E-state index contributed by atoms with van der Waals surface area (Å²) in [6.45, 7) is 0. The van der Waals surface area contributed by atoms with Crippen molar-refractivity contribution in [3.63, 3.8) is 0 Å². The van der Waals surface area contributed by atoms with Gasteiger partial charge in [0.1, 0.15) is 5.82 Å². The molecule has 0 radical (unpaired) electrons. The average Bonchev–Trinajstić information content (AvgIpc) is 2.49. The zero-order chi connectivity index (χ0) is 15.2. The Morgan fingerprint density at radius 3 is 2.43 bits per heavy atom. The number of carbonyl (C=O) groups excluding carboxylic acids is 1. The molecule has 0 aliphatic carbocycles. The highest BCUT2D eigenvalue weighted by molar-refractivity contribution is 7.80. The van der Waals surface area contributed by atoms with E-state index < -0.39 is 5.97 Å². The Bertz CT molecular complexity index is 659. The third kappa shape index (κ3) is 4.25. The Balaban J connectivity index is 2.02. The molecular formula is C15H13FN2O2S.